The lowest BCUT2D eigenvalue weighted by molar-refractivity contribution is 0.251. The second-order valence-corrected chi connectivity index (χ2v) is 8.96. The molecule has 2 heterocycles. The van der Waals surface area contributed by atoms with Crippen molar-refractivity contribution in [3.8, 4) is 5.75 Å². The first-order valence-corrected chi connectivity index (χ1v) is 11.8. The van der Waals surface area contributed by atoms with Crippen LogP contribution >= 0.6 is 11.3 Å². The fourth-order valence-corrected chi connectivity index (χ4v) is 4.89. The van der Waals surface area contributed by atoms with Crippen LogP contribution in [0.25, 0.3) is 0 Å². The number of aliphatic imine (C=N–C) groups is 1. The minimum atomic E-state index is 0.268. The molecule has 2 aromatic rings. The number of rotatable bonds is 9. The molecule has 2 N–H and O–H groups in total. The molecular formula is C23H35N5OS. The van der Waals surface area contributed by atoms with Gasteiger partial charge in [0.1, 0.15) is 5.75 Å². The largest absolute Gasteiger partial charge is 0.497 e. The lowest BCUT2D eigenvalue weighted by atomic mass is 10.1. The van der Waals surface area contributed by atoms with Gasteiger partial charge in [0, 0.05) is 24.4 Å². The first-order chi connectivity index (χ1) is 14.6. The van der Waals surface area contributed by atoms with Gasteiger partial charge in [0.25, 0.3) is 0 Å². The zero-order chi connectivity index (χ0) is 21.3. The summed E-state index contributed by atoms with van der Waals surface area (Å²) in [7, 11) is 1.72. The van der Waals surface area contributed by atoms with E-state index < -0.39 is 0 Å². The number of nitrogens with zero attached hydrogens (tertiary/aromatic N) is 3. The number of hydrogen-bond acceptors (Lipinski definition) is 5. The van der Waals surface area contributed by atoms with Gasteiger partial charge in [0.2, 0.25) is 0 Å². The maximum Gasteiger partial charge on any atom is 0.191 e. The van der Waals surface area contributed by atoms with Crippen molar-refractivity contribution < 1.29 is 4.74 Å². The van der Waals surface area contributed by atoms with Gasteiger partial charge < -0.3 is 15.4 Å². The Labute approximate surface area is 184 Å². The highest BCUT2D eigenvalue weighted by atomic mass is 32.1. The van der Waals surface area contributed by atoms with Crippen molar-refractivity contribution in [3.05, 3.63) is 45.4 Å². The van der Waals surface area contributed by atoms with Crippen LogP contribution in [0, 0.1) is 13.8 Å². The number of likely N-dealkylation sites (tertiary alicyclic amines) is 1. The number of aryl methyl sites for hydroxylation is 2. The highest BCUT2D eigenvalue weighted by Gasteiger charge is 2.23. The van der Waals surface area contributed by atoms with Gasteiger partial charge in [0.05, 0.1) is 30.4 Å². The van der Waals surface area contributed by atoms with E-state index in [0.717, 1.165) is 61.6 Å². The van der Waals surface area contributed by atoms with Gasteiger partial charge in [-0.05, 0) is 64.4 Å². The van der Waals surface area contributed by atoms with E-state index in [1.165, 1.54) is 23.3 Å². The summed E-state index contributed by atoms with van der Waals surface area (Å²) in [6, 6.07) is 8.68. The average molecular weight is 430 g/mol. The van der Waals surface area contributed by atoms with Crippen LogP contribution in [-0.4, -0.2) is 55.7 Å². The molecule has 1 unspecified atom stereocenters. The van der Waals surface area contributed by atoms with Crippen LogP contribution in [0.3, 0.4) is 0 Å². The lowest BCUT2D eigenvalue weighted by Crippen LogP contribution is -2.39. The zero-order valence-corrected chi connectivity index (χ0v) is 19.5. The maximum absolute atomic E-state index is 5.46. The van der Waals surface area contributed by atoms with Gasteiger partial charge in [-0.3, -0.25) is 9.89 Å². The van der Waals surface area contributed by atoms with Crippen LogP contribution in [-0.2, 0) is 6.42 Å². The van der Waals surface area contributed by atoms with E-state index in [9.17, 15) is 0 Å². The molecule has 164 valence electrons. The summed E-state index contributed by atoms with van der Waals surface area (Å²) in [6.07, 6.45) is 3.49. The summed E-state index contributed by atoms with van der Waals surface area (Å²) in [6.45, 7) is 10.9. The first kappa shape index (κ1) is 22.6. The normalized spacial score (nSPS) is 15.9. The molecule has 1 aliphatic rings. The highest BCUT2D eigenvalue weighted by Crippen LogP contribution is 2.28. The maximum atomic E-state index is 5.46. The van der Waals surface area contributed by atoms with Crippen LogP contribution in [0.5, 0.6) is 5.75 Å². The number of ether oxygens (including phenoxy) is 1. The third-order valence-corrected chi connectivity index (χ3v) is 6.60. The SMILES string of the molecule is CCNC(=NCC(c1cccc(OC)c1)N1CCCC1)NCCc1sc(C)nc1C. The van der Waals surface area contributed by atoms with E-state index in [1.54, 1.807) is 18.4 Å². The summed E-state index contributed by atoms with van der Waals surface area (Å²) < 4.78 is 5.46. The first-order valence-electron chi connectivity index (χ1n) is 10.9. The third-order valence-electron chi connectivity index (χ3n) is 5.47. The Morgan fingerprint density at radius 3 is 2.73 bits per heavy atom. The van der Waals surface area contributed by atoms with Crippen molar-refractivity contribution >= 4 is 17.3 Å². The minimum Gasteiger partial charge on any atom is -0.497 e. The quantitative estimate of drug-likeness (QED) is 0.470. The molecule has 1 fully saturated rings. The molecule has 0 saturated carbocycles. The molecular weight excluding hydrogens is 394 g/mol. The summed E-state index contributed by atoms with van der Waals surface area (Å²) in [5, 5.41) is 8.03. The molecule has 7 heteroatoms. The number of methoxy groups -OCH3 is 1. The number of guanidine groups is 1. The van der Waals surface area contributed by atoms with Crippen LogP contribution in [0.2, 0.25) is 0 Å². The molecule has 1 aromatic heterocycles. The van der Waals surface area contributed by atoms with E-state index in [4.69, 9.17) is 9.73 Å². The molecule has 6 nitrogen and oxygen atoms in total. The molecule has 0 amide bonds. The Morgan fingerprint density at radius 1 is 1.27 bits per heavy atom. The van der Waals surface area contributed by atoms with Gasteiger partial charge in [-0.15, -0.1) is 11.3 Å². The van der Waals surface area contributed by atoms with E-state index in [1.807, 2.05) is 6.07 Å². The second kappa shape index (κ2) is 11.3. The van der Waals surface area contributed by atoms with Gasteiger partial charge in [-0.25, -0.2) is 4.98 Å². The minimum absolute atomic E-state index is 0.268. The molecule has 30 heavy (non-hydrogen) atoms. The van der Waals surface area contributed by atoms with E-state index >= 15 is 0 Å². The van der Waals surface area contributed by atoms with Crippen molar-refractivity contribution in [2.45, 2.75) is 46.1 Å². The Balaban J connectivity index is 1.67. The summed E-state index contributed by atoms with van der Waals surface area (Å²) in [5.74, 6) is 1.78. The summed E-state index contributed by atoms with van der Waals surface area (Å²) >= 11 is 1.79. The van der Waals surface area contributed by atoms with E-state index in [-0.39, 0.29) is 6.04 Å². The Hall–Kier alpha value is -2.12. The predicted molar refractivity (Wildman–Crippen MR) is 126 cm³/mol. The molecule has 1 aromatic carbocycles. The Bertz CT molecular complexity index is 829. The van der Waals surface area contributed by atoms with Crippen LogP contribution < -0.4 is 15.4 Å². The van der Waals surface area contributed by atoms with E-state index in [2.05, 4.69) is 59.5 Å². The van der Waals surface area contributed by atoms with Crippen LogP contribution in [0.15, 0.2) is 29.3 Å². The molecule has 1 atom stereocenters. The third kappa shape index (κ3) is 6.19. The number of hydrogen-bond donors (Lipinski definition) is 2. The fourth-order valence-electron chi connectivity index (χ4n) is 3.95. The van der Waals surface area contributed by atoms with Crippen LogP contribution in [0.1, 0.15) is 46.9 Å². The van der Waals surface area contributed by atoms with Crippen molar-refractivity contribution in [2.24, 2.45) is 4.99 Å². The standard InChI is InChI=1S/C23H35N5OS/c1-5-24-23(25-12-11-22-17(2)27-18(3)30-22)26-16-21(28-13-6-7-14-28)19-9-8-10-20(15-19)29-4/h8-10,15,21H,5-7,11-14,16H2,1-4H3,(H2,24,25,26). The highest BCUT2D eigenvalue weighted by molar-refractivity contribution is 7.11. The van der Waals surface area contributed by atoms with Crippen LogP contribution in [0.4, 0.5) is 0 Å². The van der Waals surface area contributed by atoms with Gasteiger partial charge >= 0.3 is 0 Å². The number of thiazole rings is 1. The monoisotopic (exact) mass is 429 g/mol. The smallest absolute Gasteiger partial charge is 0.191 e. The van der Waals surface area contributed by atoms with Gasteiger partial charge in [-0.1, -0.05) is 12.1 Å². The van der Waals surface area contributed by atoms with Gasteiger partial charge in [-0.2, -0.15) is 0 Å². The molecule has 0 spiro atoms. The van der Waals surface area contributed by atoms with Crippen molar-refractivity contribution in [3.63, 3.8) is 0 Å². The predicted octanol–water partition coefficient (Wildman–Crippen LogP) is 3.70. The molecule has 0 aliphatic carbocycles. The number of aromatic nitrogens is 1. The molecule has 3 rings (SSSR count). The Morgan fingerprint density at radius 2 is 2.07 bits per heavy atom. The molecule has 0 bridgehead atoms. The molecule has 0 radical (unpaired) electrons. The van der Waals surface area contributed by atoms with Crippen molar-refractivity contribution in [1.82, 2.24) is 20.5 Å². The second-order valence-electron chi connectivity index (χ2n) is 7.67. The fraction of sp³-hybridized carbons (Fsp3) is 0.565. The van der Waals surface area contributed by atoms with Crippen molar-refractivity contribution in [2.75, 3.05) is 39.8 Å². The average Bonchev–Trinajstić information content (AvgIpc) is 3.38. The number of nitrogens with one attached hydrogen (secondary N) is 2. The Kier molecular flexibility index (Phi) is 8.51. The van der Waals surface area contributed by atoms with Crippen molar-refractivity contribution in [1.29, 1.82) is 0 Å². The summed E-state index contributed by atoms with van der Waals surface area (Å²) in [5.41, 5.74) is 2.42. The zero-order valence-electron chi connectivity index (χ0n) is 18.7. The molecule has 1 saturated heterocycles. The van der Waals surface area contributed by atoms with Gasteiger partial charge in [0.15, 0.2) is 5.96 Å². The lowest BCUT2D eigenvalue weighted by Gasteiger charge is -2.27. The van der Waals surface area contributed by atoms with E-state index in [0.29, 0.717) is 0 Å². The topological polar surface area (TPSA) is 61.8 Å². The summed E-state index contributed by atoms with van der Waals surface area (Å²) in [4.78, 5) is 13.4. The number of benzene rings is 1. The molecule has 1 aliphatic heterocycles.